The summed E-state index contributed by atoms with van der Waals surface area (Å²) < 4.78 is 5.52. The predicted molar refractivity (Wildman–Crippen MR) is 398 cm³/mol. The van der Waals surface area contributed by atoms with Gasteiger partial charge in [0.2, 0.25) is 5.91 Å². The molecule has 2 unspecified atom stereocenters. The molecule has 0 aromatic carbocycles. The van der Waals surface area contributed by atoms with E-state index in [4.69, 9.17) is 4.74 Å². The molecule has 532 valence electrons. The van der Waals surface area contributed by atoms with Gasteiger partial charge in [0.1, 0.15) is 0 Å². The molecule has 0 aliphatic heterocycles. The number of esters is 1. The van der Waals surface area contributed by atoms with Gasteiger partial charge in [-0.2, -0.15) is 0 Å². The SMILES string of the molecule is CCCCC/C=C\C/C=C\CCCCCCCCCCCC(=O)OCCCCCCCCCCCCCCCCCC/C=C\CCCCCCCCCCCCCCCCCCCC(=O)NC(CO)C(O)CCCCCCCCCCCCCCCCCCC. The van der Waals surface area contributed by atoms with E-state index in [0.29, 0.717) is 25.9 Å². The van der Waals surface area contributed by atoms with Crippen molar-refractivity contribution in [1.82, 2.24) is 5.32 Å². The normalized spacial score (nSPS) is 12.6. The molecule has 6 nitrogen and oxygen atoms in total. The minimum absolute atomic E-state index is 0.0184. The standard InChI is InChI=1S/C84H161NO5/c1-3-5-7-9-11-13-15-17-19-21-41-46-50-54-58-62-66-70-74-78-84(89)90-79-75-71-67-63-59-55-51-47-43-40-38-36-34-32-30-28-26-24-22-23-25-27-29-31-33-35-37-39-42-45-49-53-57-61-65-69-73-77-83(88)85-81(80-86)82(87)76-72-68-64-60-56-52-48-44-20-18-16-14-12-10-8-6-4-2/h11,13,17,19,22,24,81-82,86-87H,3-10,12,14-16,18,20-21,23,25-80H2,1-2H3,(H,85,88)/b13-11-,19-17-,24-22-. The lowest BCUT2D eigenvalue weighted by molar-refractivity contribution is -0.143. The van der Waals surface area contributed by atoms with E-state index in [1.807, 2.05) is 0 Å². The molecule has 0 bridgehead atoms. The highest BCUT2D eigenvalue weighted by Gasteiger charge is 2.20. The summed E-state index contributed by atoms with van der Waals surface area (Å²) >= 11 is 0. The number of nitrogens with one attached hydrogen (secondary N) is 1. The van der Waals surface area contributed by atoms with Crippen LogP contribution in [0, 0.1) is 0 Å². The number of hydrogen-bond donors (Lipinski definition) is 3. The molecule has 2 atom stereocenters. The van der Waals surface area contributed by atoms with Gasteiger partial charge in [-0.15, -0.1) is 0 Å². The second kappa shape index (κ2) is 79.5. The number of aliphatic hydroxyl groups is 2. The summed E-state index contributed by atoms with van der Waals surface area (Å²) in [6, 6.07) is -0.539. The van der Waals surface area contributed by atoms with Gasteiger partial charge in [0.05, 0.1) is 25.4 Å². The van der Waals surface area contributed by atoms with Crippen molar-refractivity contribution in [3.63, 3.8) is 0 Å². The maximum absolute atomic E-state index is 12.5. The fourth-order valence-corrected chi connectivity index (χ4v) is 13.1. The first kappa shape index (κ1) is 88.1. The van der Waals surface area contributed by atoms with Crippen LogP contribution in [0.15, 0.2) is 36.5 Å². The van der Waals surface area contributed by atoms with E-state index in [2.05, 4.69) is 55.6 Å². The second-order valence-corrected chi connectivity index (χ2v) is 28.5. The van der Waals surface area contributed by atoms with Gasteiger partial charge in [-0.3, -0.25) is 9.59 Å². The number of rotatable bonds is 78. The van der Waals surface area contributed by atoms with Gasteiger partial charge >= 0.3 is 5.97 Å². The third kappa shape index (κ3) is 75.1. The molecule has 0 aliphatic rings. The van der Waals surface area contributed by atoms with Crippen molar-refractivity contribution >= 4 is 11.9 Å². The van der Waals surface area contributed by atoms with E-state index in [1.54, 1.807) is 0 Å². The molecule has 0 aromatic heterocycles. The second-order valence-electron chi connectivity index (χ2n) is 28.5. The van der Waals surface area contributed by atoms with E-state index in [-0.39, 0.29) is 18.5 Å². The fourth-order valence-electron chi connectivity index (χ4n) is 13.1. The van der Waals surface area contributed by atoms with Gasteiger partial charge in [-0.05, 0) is 83.5 Å². The smallest absolute Gasteiger partial charge is 0.305 e. The van der Waals surface area contributed by atoms with Crippen LogP contribution in [0.2, 0.25) is 0 Å². The van der Waals surface area contributed by atoms with E-state index >= 15 is 0 Å². The topological polar surface area (TPSA) is 95.9 Å². The van der Waals surface area contributed by atoms with E-state index in [0.717, 1.165) is 44.9 Å². The molecule has 0 saturated carbocycles. The molecule has 0 rings (SSSR count). The number of amides is 1. The number of ether oxygens (including phenoxy) is 1. The minimum Gasteiger partial charge on any atom is -0.466 e. The molecule has 0 aliphatic carbocycles. The van der Waals surface area contributed by atoms with Crippen LogP contribution in [0.25, 0.3) is 0 Å². The summed E-state index contributed by atoms with van der Waals surface area (Å²) in [4.78, 5) is 24.7. The number of allylic oxidation sites excluding steroid dienone is 6. The fraction of sp³-hybridized carbons (Fsp3) is 0.905. The van der Waals surface area contributed by atoms with Crippen molar-refractivity contribution in [3.8, 4) is 0 Å². The molecule has 0 heterocycles. The molecule has 0 radical (unpaired) electrons. The average Bonchev–Trinajstić information content (AvgIpc) is 3.60. The van der Waals surface area contributed by atoms with Crippen molar-refractivity contribution in [2.45, 2.75) is 475 Å². The molecule has 90 heavy (non-hydrogen) atoms. The average molecular weight is 1270 g/mol. The zero-order chi connectivity index (χ0) is 64.9. The summed E-state index contributed by atoms with van der Waals surface area (Å²) in [5.41, 5.74) is 0. The van der Waals surface area contributed by atoms with Gasteiger partial charge in [-0.25, -0.2) is 0 Å². The maximum atomic E-state index is 12.5. The van der Waals surface area contributed by atoms with E-state index in [9.17, 15) is 19.8 Å². The lowest BCUT2D eigenvalue weighted by Gasteiger charge is -2.22. The minimum atomic E-state index is -0.662. The largest absolute Gasteiger partial charge is 0.466 e. The van der Waals surface area contributed by atoms with E-state index < -0.39 is 12.1 Å². The Morgan fingerprint density at radius 2 is 0.556 bits per heavy atom. The van der Waals surface area contributed by atoms with Gasteiger partial charge in [0.25, 0.3) is 0 Å². The molecule has 6 heteroatoms. The Bertz CT molecular complexity index is 1460. The van der Waals surface area contributed by atoms with Crippen LogP contribution in [-0.2, 0) is 14.3 Å². The van der Waals surface area contributed by atoms with Gasteiger partial charge < -0.3 is 20.3 Å². The molecular weight excluding hydrogens is 1100 g/mol. The Balaban J connectivity index is 3.32. The number of hydrogen-bond acceptors (Lipinski definition) is 5. The Morgan fingerprint density at radius 3 is 0.878 bits per heavy atom. The zero-order valence-electron chi connectivity index (χ0n) is 61.1. The predicted octanol–water partition coefficient (Wildman–Crippen LogP) is 27.4. The molecule has 1 amide bonds. The molecule has 3 N–H and O–H groups in total. The molecule has 0 fully saturated rings. The quantitative estimate of drug-likeness (QED) is 0.0320. The third-order valence-corrected chi connectivity index (χ3v) is 19.4. The highest BCUT2D eigenvalue weighted by molar-refractivity contribution is 5.76. The molecule has 0 saturated heterocycles. The van der Waals surface area contributed by atoms with Crippen molar-refractivity contribution in [1.29, 1.82) is 0 Å². The van der Waals surface area contributed by atoms with Crippen LogP contribution in [0.3, 0.4) is 0 Å². The Morgan fingerprint density at radius 1 is 0.311 bits per heavy atom. The Hall–Kier alpha value is -1.92. The lowest BCUT2D eigenvalue weighted by Crippen LogP contribution is -2.45. The van der Waals surface area contributed by atoms with Crippen LogP contribution in [0.1, 0.15) is 463 Å². The van der Waals surface area contributed by atoms with Crippen LogP contribution in [0.4, 0.5) is 0 Å². The summed E-state index contributed by atoms with van der Waals surface area (Å²) in [6.45, 7) is 4.98. The van der Waals surface area contributed by atoms with Crippen molar-refractivity contribution in [2.24, 2.45) is 0 Å². The highest BCUT2D eigenvalue weighted by Crippen LogP contribution is 2.20. The summed E-state index contributed by atoms with van der Waals surface area (Å²) in [5.74, 6) is -0.00832. The number of unbranched alkanes of at least 4 members (excludes halogenated alkanes) is 61. The molecule has 0 spiro atoms. The monoisotopic (exact) mass is 1260 g/mol. The van der Waals surface area contributed by atoms with Crippen LogP contribution in [0.5, 0.6) is 0 Å². The first-order valence-electron chi connectivity index (χ1n) is 41.2. The third-order valence-electron chi connectivity index (χ3n) is 19.4. The summed E-state index contributed by atoms with van der Waals surface area (Å²) in [5, 5.41) is 23.4. The van der Waals surface area contributed by atoms with Crippen LogP contribution >= 0.6 is 0 Å². The van der Waals surface area contributed by atoms with Gasteiger partial charge in [0, 0.05) is 12.8 Å². The number of carbonyl (C=O) groups excluding carboxylic acids is 2. The maximum Gasteiger partial charge on any atom is 0.305 e. The molecular formula is C84H161NO5. The van der Waals surface area contributed by atoms with Crippen molar-refractivity contribution in [3.05, 3.63) is 36.5 Å². The number of carbonyl (C=O) groups is 2. The van der Waals surface area contributed by atoms with Crippen LogP contribution < -0.4 is 5.32 Å². The van der Waals surface area contributed by atoms with Crippen molar-refractivity contribution < 1.29 is 24.5 Å². The summed E-state index contributed by atoms with van der Waals surface area (Å²) in [7, 11) is 0. The Labute approximate surface area is 564 Å². The zero-order valence-corrected chi connectivity index (χ0v) is 61.1. The molecule has 0 aromatic rings. The van der Waals surface area contributed by atoms with Gasteiger partial charge in [0.15, 0.2) is 0 Å². The van der Waals surface area contributed by atoms with Crippen molar-refractivity contribution in [2.75, 3.05) is 13.2 Å². The first-order valence-corrected chi connectivity index (χ1v) is 41.2. The number of aliphatic hydroxyl groups excluding tert-OH is 2. The lowest BCUT2D eigenvalue weighted by atomic mass is 10.0. The highest BCUT2D eigenvalue weighted by atomic mass is 16.5. The first-order chi connectivity index (χ1) is 44.5. The van der Waals surface area contributed by atoms with Gasteiger partial charge in [-0.1, -0.05) is 403 Å². The Kier molecular flexibility index (Phi) is 77.8. The van der Waals surface area contributed by atoms with E-state index in [1.165, 1.54) is 385 Å². The van der Waals surface area contributed by atoms with Crippen LogP contribution in [-0.4, -0.2) is 47.4 Å². The summed E-state index contributed by atoms with van der Waals surface area (Å²) in [6.07, 6.45) is 104.